The summed E-state index contributed by atoms with van der Waals surface area (Å²) < 4.78 is 0. The molecular formula is C17H28N4O. The average molecular weight is 304 g/mol. The molecule has 1 unspecified atom stereocenters. The maximum Gasteiger partial charge on any atom is 0.228 e. The lowest BCUT2D eigenvalue weighted by atomic mass is 9.86. The molecule has 2 aliphatic heterocycles. The molecule has 2 heterocycles. The van der Waals surface area contributed by atoms with E-state index in [1.54, 1.807) is 0 Å². The number of hydrogen-bond donors (Lipinski definition) is 1. The minimum atomic E-state index is 0.0891. The van der Waals surface area contributed by atoms with Crippen LogP contribution < -0.4 is 5.32 Å². The van der Waals surface area contributed by atoms with Crippen molar-refractivity contribution in [2.45, 2.75) is 51.1 Å². The van der Waals surface area contributed by atoms with Crippen molar-refractivity contribution in [1.29, 1.82) is 5.26 Å². The standard InChI is InChI=1S/C17H28N4O/c1-13-2-4-15(5-3-13)20-8-9-21(16(12-20)6-7-18)17(22)14-10-19-11-14/h13-16,19H,2-6,8-12H2,1H3. The number of nitrogens with one attached hydrogen (secondary N) is 1. The molecular weight excluding hydrogens is 276 g/mol. The number of carbonyl (C=O) groups is 1. The normalized spacial score (nSPS) is 34.0. The largest absolute Gasteiger partial charge is 0.336 e. The molecule has 3 rings (SSSR count). The highest BCUT2D eigenvalue weighted by molar-refractivity contribution is 5.80. The Morgan fingerprint density at radius 1 is 1.23 bits per heavy atom. The summed E-state index contributed by atoms with van der Waals surface area (Å²) in [5.74, 6) is 1.26. The van der Waals surface area contributed by atoms with Gasteiger partial charge in [0.05, 0.1) is 24.4 Å². The Balaban J connectivity index is 1.60. The SMILES string of the molecule is CC1CCC(N2CCN(C(=O)C3CNC3)C(CC#N)C2)CC1. The first kappa shape index (κ1) is 15.8. The van der Waals surface area contributed by atoms with E-state index in [4.69, 9.17) is 5.26 Å². The molecule has 0 spiro atoms. The summed E-state index contributed by atoms with van der Waals surface area (Å²) in [4.78, 5) is 17.1. The highest BCUT2D eigenvalue weighted by atomic mass is 16.2. The van der Waals surface area contributed by atoms with Gasteiger partial charge in [0.25, 0.3) is 0 Å². The second-order valence-corrected chi connectivity index (χ2v) is 7.31. The van der Waals surface area contributed by atoms with E-state index >= 15 is 0 Å². The molecule has 1 saturated carbocycles. The van der Waals surface area contributed by atoms with Crippen LogP contribution in [-0.4, -0.2) is 60.5 Å². The van der Waals surface area contributed by atoms with Gasteiger partial charge in [0.2, 0.25) is 5.91 Å². The lowest BCUT2D eigenvalue weighted by Crippen LogP contribution is -2.61. The van der Waals surface area contributed by atoms with Crippen molar-refractivity contribution in [3.63, 3.8) is 0 Å². The molecule has 5 heteroatoms. The Bertz CT molecular complexity index is 434. The van der Waals surface area contributed by atoms with Gasteiger partial charge in [0.1, 0.15) is 0 Å². The van der Waals surface area contributed by atoms with Crippen molar-refractivity contribution in [1.82, 2.24) is 15.1 Å². The quantitative estimate of drug-likeness (QED) is 0.851. The van der Waals surface area contributed by atoms with Crippen LogP contribution in [0.25, 0.3) is 0 Å². The number of nitriles is 1. The molecule has 0 aromatic rings. The third-order valence-electron chi connectivity index (χ3n) is 5.76. The van der Waals surface area contributed by atoms with E-state index in [1.165, 1.54) is 25.7 Å². The number of nitrogens with zero attached hydrogens (tertiary/aromatic N) is 3. The van der Waals surface area contributed by atoms with E-state index in [0.29, 0.717) is 12.5 Å². The van der Waals surface area contributed by atoms with Gasteiger partial charge in [-0.1, -0.05) is 6.92 Å². The van der Waals surface area contributed by atoms with Gasteiger partial charge in [-0.05, 0) is 31.6 Å². The third-order valence-corrected chi connectivity index (χ3v) is 5.76. The first-order chi connectivity index (χ1) is 10.7. The van der Waals surface area contributed by atoms with Crippen LogP contribution in [0.4, 0.5) is 0 Å². The molecule has 1 amide bonds. The fraction of sp³-hybridized carbons (Fsp3) is 0.882. The number of carbonyl (C=O) groups excluding carboxylic acids is 1. The zero-order valence-corrected chi connectivity index (χ0v) is 13.6. The molecule has 0 bridgehead atoms. The van der Waals surface area contributed by atoms with Gasteiger partial charge < -0.3 is 10.2 Å². The monoisotopic (exact) mass is 304 g/mol. The predicted molar refractivity (Wildman–Crippen MR) is 85.1 cm³/mol. The van der Waals surface area contributed by atoms with Gasteiger partial charge in [0.15, 0.2) is 0 Å². The van der Waals surface area contributed by atoms with Gasteiger partial charge in [0, 0.05) is 38.8 Å². The van der Waals surface area contributed by atoms with Crippen molar-refractivity contribution in [3.8, 4) is 6.07 Å². The van der Waals surface area contributed by atoms with Crippen LogP contribution in [0.3, 0.4) is 0 Å². The van der Waals surface area contributed by atoms with Gasteiger partial charge in [-0.2, -0.15) is 5.26 Å². The summed E-state index contributed by atoms with van der Waals surface area (Å²) in [6, 6.07) is 3.05. The van der Waals surface area contributed by atoms with Gasteiger partial charge in [-0.25, -0.2) is 0 Å². The van der Waals surface area contributed by atoms with Crippen molar-refractivity contribution < 1.29 is 4.79 Å². The second kappa shape index (κ2) is 6.97. The van der Waals surface area contributed by atoms with E-state index in [0.717, 1.165) is 38.6 Å². The highest BCUT2D eigenvalue weighted by Crippen LogP contribution is 2.29. The van der Waals surface area contributed by atoms with Gasteiger partial charge >= 0.3 is 0 Å². The fourth-order valence-corrected chi connectivity index (χ4v) is 4.09. The fourth-order valence-electron chi connectivity index (χ4n) is 4.09. The first-order valence-corrected chi connectivity index (χ1v) is 8.81. The average Bonchev–Trinajstić information content (AvgIpc) is 2.46. The number of rotatable bonds is 3. The lowest BCUT2D eigenvalue weighted by molar-refractivity contribution is -0.142. The van der Waals surface area contributed by atoms with Crippen LogP contribution in [0.1, 0.15) is 39.0 Å². The maximum atomic E-state index is 12.5. The van der Waals surface area contributed by atoms with Crippen LogP contribution in [0.15, 0.2) is 0 Å². The molecule has 1 aliphatic carbocycles. The Morgan fingerprint density at radius 2 is 1.95 bits per heavy atom. The Hall–Kier alpha value is -1.12. The minimum absolute atomic E-state index is 0.0891. The van der Waals surface area contributed by atoms with Crippen LogP contribution in [0.5, 0.6) is 0 Å². The summed E-state index contributed by atoms with van der Waals surface area (Å²) in [5.41, 5.74) is 0. The van der Waals surface area contributed by atoms with Crippen molar-refractivity contribution in [3.05, 3.63) is 0 Å². The zero-order valence-electron chi connectivity index (χ0n) is 13.6. The summed E-state index contributed by atoms with van der Waals surface area (Å²) >= 11 is 0. The molecule has 122 valence electrons. The topological polar surface area (TPSA) is 59.4 Å². The summed E-state index contributed by atoms with van der Waals surface area (Å²) in [7, 11) is 0. The summed E-state index contributed by atoms with van der Waals surface area (Å²) in [6.45, 7) is 6.62. The van der Waals surface area contributed by atoms with Crippen LogP contribution in [0, 0.1) is 23.2 Å². The first-order valence-electron chi connectivity index (χ1n) is 8.81. The third kappa shape index (κ3) is 3.28. The molecule has 3 aliphatic rings. The molecule has 3 fully saturated rings. The number of amides is 1. The van der Waals surface area contributed by atoms with Crippen LogP contribution in [-0.2, 0) is 4.79 Å². The number of piperazine rings is 1. The zero-order chi connectivity index (χ0) is 15.5. The molecule has 0 aromatic heterocycles. The van der Waals surface area contributed by atoms with Gasteiger partial charge in [-0.3, -0.25) is 9.69 Å². The van der Waals surface area contributed by atoms with Gasteiger partial charge in [-0.15, -0.1) is 0 Å². The van der Waals surface area contributed by atoms with E-state index in [-0.39, 0.29) is 17.9 Å². The van der Waals surface area contributed by atoms with E-state index in [9.17, 15) is 4.79 Å². The summed E-state index contributed by atoms with van der Waals surface area (Å²) in [5, 5.41) is 12.3. The smallest absolute Gasteiger partial charge is 0.228 e. The van der Waals surface area contributed by atoms with E-state index in [1.807, 2.05) is 4.90 Å². The van der Waals surface area contributed by atoms with Crippen LogP contribution in [0.2, 0.25) is 0 Å². The molecule has 22 heavy (non-hydrogen) atoms. The van der Waals surface area contributed by atoms with E-state index in [2.05, 4.69) is 23.2 Å². The molecule has 1 N–H and O–H groups in total. The molecule has 0 aromatic carbocycles. The Labute approximate surface area is 133 Å². The molecule has 5 nitrogen and oxygen atoms in total. The van der Waals surface area contributed by atoms with Crippen molar-refractivity contribution in [2.75, 3.05) is 32.7 Å². The van der Waals surface area contributed by atoms with E-state index < -0.39 is 0 Å². The predicted octanol–water partition coefficient (Wildman–Crippen LogP) is 1.21. The molecule has 2 saturated heterocycles. The number of hydrogen-bond acceptors (Lipinski definition) is 4. The second-order valence-electron chi connectivity index (χ2n) is 7.31. The van der Waals surface area contributed by atoms with Crippen molar-refractivity contribution in [2.24, 2.45) is 11.8 Å². The molecule has 0 radical (unpaired) electrons. The minimum Gasteiger partial charge on any atom is -0.336 e. The maximum absolute atomic E-state index is 12.5. The lowest BCUT2D eigenvalue weighted by Gasteiger charge is -2.47. The summed E-state index contributed by atoms with van der Waals surface area (Å²) in [6.07, 6.45) is 5.66. The highest BCUT2D eigenvalue weighted by Gasteiger charge is 2.38. The van der Waals surface area contributed by atoms with Crippen molar-refractivity contribution >= 4 is 5.91 Å². The molecule has 1 atom stereocenters. The van der Waals surface area contributed by atoms with Crippen LogP contribution >= 0.6 is 0 Å². The Morgan fingerprint density at radius 3 is 2.55 bits per heavy atom. The Kier molecular flexibility index (Phi) is 5.00.